The fourth-order valence-electron chi connectivity index (χ4n) is 2.96. The molecule has 0 amide bonds. The molecule has 3 rings (SSSR count). The van der Waals surface area contributed by atoms with Gasteiger partial charge in [0.05, 0.1) is 25.3 Å². The Balaban J connectivity index is 2.21. The smallest absolute Gasteiger partial charge is 0.302 e. The van der Waals surface area contributed by atoms with Gasteiger partial charge in [-0.3, -0.25) is 14.4 Å². The Bertz CT molecular complexity index is 897. The molecule has 0 aliphatic heterocycles. The lowest BCUT2D eigenvalue weighted by Crippen LogP contribution is -2.23. The van der Waals surface area contributed by atoms with Crippen LogP contribution in [0.2, 0.25) is 0 Å². The molecule has 0 N–H and O–H groups in total. The van der Waals surface area contributed by atoms with Gasteiger partial charge >= 0.3 is 5.97 Å². The lowest BCUT2D eigenvalue weighted by Gasteiger charge is -2.22. The van der Waals surface area contributed by atoms with Gasteiger partial charge < -0.3 is 14.2 Å². The van der Waals surface area contributed by atoms with Gasteiger partial charge in [-0.25, -0.2) is 0 Å². The van der Waals surface area contributed by atoms with Crippen LogP contribution in [0.25, 0.3) is 0 Å². The number of ketones is 2. The van der Waals surface area contributed by atoms with Crippen LogP contribution in [0, 0.1) is 0 Å². The lowest BCUT2D eigenvalue weighted by atomic mass is 9.82. The fourth-order valence-corrected chi connectivity index (χ4v) is 2.96. The van der Waals surface area contributed by atoms with E-state index in [2.05, 4.69) is 0 Å². The molecule has 0 heterocycles. The minimum absolute atomic E-state index is 0.0496. The highest BCUT2D eigenvalue weighted by Gasteiger charge is 2.35. The van der Waals surface area contributed by atoms with Gasteiger partial charge in [-0.05, 0) is 12.1 Å². The summed E-state index contributed by atoms with van der Waals surface area (Å²) in [5.41, 5.74) is 1.44. The average Bonchev–Trinajstić information content (AvgIpc) is 2.62. The summed E-state index contributed by atoms with van der Waals surface area (Å²) in [6.45, 7) is 1.24. The van der Waals surface area contributed by atoms with E-state index < -0.39 is 5.97 Å². The molecule has 0 aromatic heterocycles. The van der Waals surface area contributed by atoms with Crippen molar-refractivity contribution < 1.29 is 28.6 Å². The second kappa shape index (κ2) is 6.39. The average molecular weight is 340 g/mol. The van der Waals surface area contributed by atoms with Crippen molar-refractivity contribution in [2.75, 3.05) is 14.2 Å². The number of carbonyl (C=O) groups is 3. The highest BCUT2D eigenvalue weighted by molar-refractivity contribution is 6.30. The Morgan fingerprint density at radius 3 is 2.28 bits per heavy atom. The zero-order valence-corrected chi connectivity index (χ0v) is 14.0. The Labute approximate surface area is 144 Å². The SMILES string of the molecule is COc1cccc2c1C(=O)c1c(ccc(COC(C)=O)c1OC)C2=O. The molecule has 1 aliphatic rings. The molecule has 0 spiro atoms. The predicted molar refractivity (Wildman–Crippen MR) is 88.3 cm³/mol. The molecule has 128 valence electrons. The topological polar surface area (TPSA) is 78.9 Å². The van der Waals surface area contributed by atoms with Crippen LogP contribution in [0.3, 0.4) is 0 Å². The number of hydrogen-bond donors (Lipinski definition) is 0. The Morgan fingerprint density at radius 2 is 1.64 bits per heavy atom. The number of carbonyl (C=O) groups excluding carboxylic acids is 3. The summed E-state index contributed by atoms with van der Waals surface area (Å²) in [6, 6.07) is 8.07. The van der Waals surface area contributed by atoms with E-state index in [4.69, 9.17) is 14.2 Å². The number of ether oxygens (including phenoxy) is 3. The zero-order chi connectivity index (χ0) is 18.1. The molecule has 0 saturated heterocycles. The first-order chi connectivity index (χ1) is 12.0. The Morgan fingerprint density at radius 1 is 0.920 bits per heavy atom. The van der Waals surface area contributed by atoms with Crippen LogP contribution in [0.5, 0.6) is 11.5 Å². The van der Waals surface area contributed by atoms with E-state index in [0.717, 1.165) is 0 Å². The third-order valence-electron chi connectivity index (χ3n) is 4.06. The summed E-state index contributed by atoms with van der Waals surface area (Å²) in [5.74, 6) is -0.527. The Kier molecular flexibility index (Phi) is 4.27. The minimum Gasteiger partial charge on any atom is -0.496 e. The second-order valence-electron chi connectivity index (χ2n) is 5.50. The second-order valence-corrected chi connectivity index (χ2v) is 5.50. The van der Waals surface area contributed by atoms with Crippen molar-refractivity contribution in [3.05, 3.63) is 58.1 Å². The maximum atomic E-state index is 13.1. The molecule has 6 nitrogen and oxygen atoms in total. The van der Waals surface area contributed by atoms with Gasteiger partial charge in [0.1, 0.15) is 18.1 Å². The molecular formula is C19H16O6. The van der Waals surface area contributed by atoms with Crippen LogP contribution in [0.15, 0.2) is 30.3 Å². The number of methoxy groups -OCH3 is 2. The molecular weight excluding hydrogens is 324 g/mol. The van der Waals surface area contributed by atoms with E-state index in [1.54, 1.807) is 30.3 Å². The van der Waals surface area contributed by atoms with Crippen LogP contribution >= 0.6 is 0 Å². The number of fused-ring (bicyclic) bond motifs is 2. The van der Waals surface area contributed by atoms with Gasteiger partial charge in [0, 0.05) is 23.6 Å². The monoisotopic (exact) mass is 340 g/mol. The third kappa shape index (κ3) is 2.65. The van der Waals surface area contributed by atoms with Gasteiger partial charge in [0.2, 0.25) is 5.78 Å². The van der Waals surface area contributed by atoms with Gasteiger partial charge in [-0.1, -0.05) is 18.2 Å². The van der Waals surface area contributed by atoms with E-state index in [-0.39, 0.29) is 40.6 Å². The van der Waals surface area contributed by atoms with Gasteiger partial charge in [-0.2, -0.15) is 0 Å². The molecule has 6 heteroatoms. The summed E-state index contributed by atoms with van der Waals surface area (Å²) < 4.78 is 15.6. The van der Waals surface area contributed by atoms with E-state index in [0.29, 0.717) is 16.9 Å². The summed E-state index contributed by atoms with van der Waals surface area (Å²) in [5, 5.41) is 0. The molecule has 0 radical (unpaired) electrons. The van der Waals surface area contributed by atoms with Crippen LogP contribution in [0.1, 0.15) is 44.3 Å². The molecule has 0 atom stereocenters. The molecule has 0 bridgehead atoms. The van der Waals surface area contributed by atoms with Gasteiger partial charge in [-0.15, -0.1) is 0 Å². The van der Waals surface area contributed by atoms with E-state index in [9.17, 15) is 14.4 Å². The molecule has 0 saturated carbocycles. The van der Waals surface area contributed by atoms with Crippen LogP contribution in [-0.4, -0.2) is 31.8 Å². The highest BCUT2D eigenvalue weighted by Crippen LogP contribution is 2.38. The van der Waals surface area contributed by atoms with Crippen LogP contribution in [-0.2, 0) is 16.1 Å². The van der Waals surface area contributed by atoms with E-state index in [1.165, 1.54) is 21.1 Å². The van der Waals surface area contributed by atoms with Crippen molar-refractivity contribution in [3.8, 4) is 11.5 Å². The van der Waals surface area contributed by atoms with Crippen molar-refractivity contribution in [2.45, 2.75) is 13.5 Å². The van der Waals surface area contributed by atoms with Crippen LogP contribution in [0.4, 0.5) is 0 Å². The van der Waals surface area contributed by atoms with Crippen molar-refractivity contribution >= 4 is 17.5 Å². The molecule has 25 heavy (non-hydrogen) atoms. The first-order valence-corrected chi connectivity index (χ1v) is 7.59. The molecule has 2 aromatic carbocycles. The third-order valence-corrected chi connectivity index (χ3v) is 4.06. The molecule has 1 aliphatic carbocycles. The zero-order valence-electron chi connectivity index (χ0n) is 14.0. The van der Waals surface area contributed by atoms with Crippen molar-refractivity contribution in [1.29, 1.82) is 0 Å². The fraction of sp³-hybridized carbons (Fsp3) is 0.211. The Hall–Kier alpha value is -3.15. The van der Waals surface area contributed by atoms with E-state index >= 15 is 0 Å². The summed E-state index contributed by atoms with van der Waals surface area (Å²) >= 11 is 0. The number of rotatable bonds is 4. The molecule has 0 unspecified atom stereocenters. The first-order valence-electron chi connectivity index (χ1n) is 7.59. The van der Waals surface area contributed by atoms with Crippen molar-refractivity contribution in [1.82, 2.24) is 0 Å². The molecule has 0 fully saturated rings. The first kappa shape index (κ1) is 16.7. The standard InChI is InChI=1S/C19H16O6/c1-10(20)25-9-11-7-8-13-16(19(11)24-3)18(22)15-12(17(13)21)5-4-6-14(15)23-2/h4-8H,9H2,1-3H3. The number of esters is 1. The number of benzene rings is 2. The summed E-state index contributed by atoms with van der Waals surface area (Å²) in [6.07, 6.45) is 0. The minimum atomic E-state index is -0.450. The van der Waals surface area contributed by atoms with Crippen molar-refractivity contribution in [3.63, 3.8) is 0 Å². The van der Waals surface area contributed by atoms with Gasteiger partial charge in [0.15, 0.2) is 5.78 Å². The quantitative estimate of drug-likeness (QED) is 0.679. The lowest BCUT2D eigenvalue weighted by molar-refractivity contribution is -0.142. The highest BCUT2D eigenvalue weighted by atomic mass is 16.5. The van der Waals surface area contributed by atoms with Crippen LogP contribution < -0.4 is 9.47 Å². The maximum absolute atomic E-state index is 13.1. The maximum Gasteiger partial charge on any atom is 0.302 e. The van der Waals surface area contributed by atoms with Gasteiger partial charge in [0.25, 0.3) is 0 Å². The van der Waals surface area contributed by atoms with E-state index in [1.807, 2.05) is 0 Å². The largest absolute Gasteiger partial charge is 0.496 e. The summed E-state index contributed by atoms with van der Waals surface area (Å²) in [4.78, 5) is 37.0. The number of hydrogen-bond acceptors (Lipinski definition) is 6. The molecule has 2 aromatic rings. The normalized spacial score (nSPS) is 12.3. The van der Waals surface area contributed by atoms with Crippen molar-refractivity contribution in [2.24, 2.45) is 0 Å². The summed E-state index contributed by atoms with van der Waals surface area (Å²) in [7, 11) is 2.85. The predicted octanol–water partition coefficient (Wildman–Crippen LogP) is 2.54.